The molecule has 0 aromatic heterocycles. The molecule has 0 aromatic carbocycles. The smallest absolute Gasteiger partial charge is 0.456 e. The highest BCUT2D eigenvalue weighted by molar-refractivity contribution is 7.47. The Bertz CT molecular complexity index is 1630. The molecule has 0 aliphatic carbocycles. The molecule has 0 radical (unpaired) electrons. The number of carbonyl (C=O) groups is 2. The summed E-state index contributed by atoms with van der Waals surface area (Å²) in [5.41, 5.74) is 0. The molecule has 0 aliphatic rings. The standard InChI is InChI=1S/C69H125N2O7P/c1-7-10-13-16-19-22-25-28-30-31-32-33-34-35-36-37-38-39-40-41-42-44-47-50-53-56-59-62-69(73)78-67(60-57-54-51-48-45-27-24-21-18-15-12-9-3)66(65-77-79(74,75)76-64-63-71(4,5)6)70-68(72)61-58-55-52-49-46-43-29-26-23-20-17-14-11-8-2/h11,14,19-20,22-23,28-30,32-33,43,57,60,66-67H,7-10,12-13,15-18,21,24-27,31,34-42,44-56,58-59,61-65H2,1-6H3,(H-,70,72,74,75)/p+1/b14-11+,22-19-,23-20+,30-28-,33-32-,43-29+,60-57-. The number of hydrogen-bond donors (Lipinski definition) is 2. The minimum absolute atomic E-state index is 0.0331. The molecule has 9 nitrogen and oxygen atoms in total. The van der Waals surface area contributed by atoms with Gasteiger partial charge in [-0.1, -0.05) is 260 Å². The second-order valence-corrected chi connectivity index (χ2v) is 24.7. The van der Waals surface area contributed by atoms with E-state index in [2.05, 4.69) is 99.0 Å². The predicted octanol–water partition coefficient (Wildman–Crippen LogP) is 20.6. The first kappa shape index (κ1) is 76.2. The van der Waals surface area contributed by atoms with Crippen LogP contribution in [-0.4, -0.2) is 74.3 Å². The van der Waals surface area contributed by atoms with Crippen LogP contribution in [0.3, 0.4) is 0 Å². The van der Waals surface area contributed by atoms with Gasteiger partial charge in [0.1, 0.15) is 19.3 Å². The Morgan fingerprint density at radius 3 is 1.24 bits per heavy atom. The van der Waals surface area contributed by atoms with Crippen molar-refractivity contribution in [1.29, 1.82) is 0 Å². The number of nitrogens with zero attached hydrogens (tertiary/aromatic N) is 1. The number of unbranched alkanes of at least 4 members (excludes halogenated alkanes) is 31. The van der Waals surface area contributed by atoms with E-state index in [1.807, 2.05) is 33.3 Å². The second-order valence-electron chi connectivity index (χ2n) is 23.3. The highest BCUT2D eigenvalue weighted by atomic mass is 31.2. The van der Waals surface area contributed by atoms with Crippen LogP contribution in [0.4, 0.5) is 0 Å². The maximum absolute atomic E-state index is 13.5. The van der Waals surface area contributed by atoms with E-state index in [4.69, 9.17) is 13.8 Å². The molecule has 0 bridgehead atoms. The number of phosphoric ester groups is 1. The van der Waals surface area contributed by atoms with Gasteiger partial charge in [-0.15, -0.1) is 0 Å². The van der Waals surface area contributed by atoms with Gasteiger partial charge in [-0.2, -0.15) is 0 Å². The molecular formula is C69H126N2O7P+. The molecular weight excluding hydrogens is 1000 g/mol. The third kappa shape index (κ3) is 59.6. The molecule has 0 fully saturated rings. The fourth-order valence-electron chi connectivity index (χ4n) is 9.26. The number of quaternary nitrogens is 1. The van der Waals surface area contributed by atoms with Crippen molar-refractivity contribution < 1.29 is 37.3 Å². The molecule has 458 valence electrons. The number of likely N-dealkylation sites (N-methyl/N-ethyl adjacent to an activating group) is 1. The molecule has 0 rings (SSSR count). The average Bonchev–Trinajstić information content (AvgIpc) is 3.41. The van der Waals surface area contributed by atoms with Gasteiger partial charge in [0.2, 0.25) is 5.91 Å². The lowest BCUT2D eigenvalue weighted by atomic mass is 10.0. The van der Waals surface area contributed by atoms with Gasteiger partial charge in [0, 0.05) is 12.8 Å². The fraction of sp³-hybridized carbons (Fsp3) is 0.768. The summed E-state index contributed by atoms with van der Waals surface area (Å²) in [7, 11) is 1.48. The highest BCUT2D eigenvalue weighted by Crippen LogP contribution is 2.43. The third-order valence-electron chi connectivity index (χ3n) is 14.3. The van der Waals surface area contributed by atoms with Crippen molar-refractivity contribution in [2.45, 2.75) is 303 Å². The first-order valence-electron chi connectivity index (χ1n) is 32.9. The van der Waals surface area contributed by atoms with Gasteiger partial charge in [-0.3, -0.25) is 18.6 Å². The average molecular weight is 1130 g/mol. The lowest BCUT2D eigenvalue weighted by molar-refractivity contribution is -0.870. The SMILES string of the molecule is CC/C=C/C/C=C/C/C=C/CCCCCCC(=O)NC(COP(=O)(O)OCC[N+](C)(C)C)C(/C=C\CCCCCCCCCCCC)OC(=O)CCCCCCCCCCCCCCCC/C=C\C/C=C\C/C=C\CCCCC. The van der Waals surface area contributed by atoms with E-state index in [-0.39, 0.29) is 31.5 Å². The van der Waals surface area contributed by atoms with Gasteiger partial charge >= 0.3 is 13.8 Å². The number of allylic oxidation sites excluding steroid dienone is 13. The maximum atomic E-state index is 13.5. The molecule has 0 spiro atoms. The zero-order chi connectivity index (χ0) is 57.9. The van der Waals surface area contributed by atoms with Gasteiger partial charge in [0.25, 0.3) is 0 Å². The molecule has 0 aromatic rings. The molecule has 1 amide bonds. The van der Waals surface area contributed by atoms with Gasteiger partial charge in [-0.25, -0.2) is 4.57 Å². The summed E-state index contributed by atoms with van der Waals surface area (Å²) in [6.45, 7) is 6.86. The zero-order valence-electron chi connectivity index (χ0n) is 52.3. The van der Waals surface area contributed by atoms with Gasteiger partial charge in [0.05, 0.1) is 33.8 Å². The Kier molecular flexibility index (Phi) is 56.3. The highest BCUT2D eigenvalue weighted by Gasteiger charge is 2.30. The van der Waals surface area contributed by atoms with Crippen molar-refractivity contribution in [3.63, 3.8) is 0 Å². The van der Waals surface area contributed by atoms with E-state index in [1.54, 1.807) is 0 Å². The summed E-state index contributed by atoms with van der Waals surface area (Å²) < 4.78 is 30.7. The Morgan fingerprint density at radius 2 is 0.810 bits per heavy atom. The first-order chi connectivity index (χ1) is 38.4. The number of amides is 1. The molecule has 0 saturated heterocycles. The minimum atomic E-state index is -4.46. The molecule has 3 atom stereocenters. The molecule has 2 N–H and O–H groups in total. The van der Waals surface area contributed by atoms with E-state index in [0.717, 1.165) is 103 Å². The zero-order valence-corrected chi connectivity index (χ0v) is 53.2. The molecule has 0 aliphatic heterocycles. The number of esters is 1. The summed E-state index contributed by atoms with van der Waals surface area (Å²) in [5.74, 6) is -0.529. The van der Waals surface area contributed by atoms with Crippen LogP contribution in [0, 0.1) is 0 Å². The van der Waals surface area contributed by atoms with Crippen LogP contribution in [0.15, 0.2) is 85.1 Å². The summed E-state index contributed by atoms with van der Waals surface area (Å²) >= 11 is 0. The van der Waals surface area contributed by atoms with Crippen LogP contribution < -0.4 is 5.32 Å². The Morgan fingerprint density at radius 1 is 0.456 bits per heavy atom. The lowest BCUT2D eigenvalue weighted by Gasteiger charge is -2.27. The summed E-state index contributed by atoms with van der Waals surface area (Å²) in [5, 5.41) is 3.04. The van der Waals surface area contributed by atoms with Crippen molar-refractivity contribution in [2.24, 2.45) is 0 Å². The topological polar surface area (TPSA) is 111 Å². The maximum Gasteiger partial charge on any atom is 0.472 e. The molecule has 0 saturated carbocycles. The molecule has 0 heterocycles. The molecule has 79 heavy (non-hydrogen) atoms. The number of ether oxygens (including phenoxy) is 1. The van der Waals surface area contributed by atoms with Gasteiger partial charge in [-0.05, 0) is 102 Å². The monoisotopic (exact) mass is 1130 g/mol. The first-order valence-corrected chi connectivity index (χ1v) is 34.4. The molecule has 3 unspecified atom stereocenters. The van der Waals surface area contributed by atoms with Crippen molar-refractivity contribution >= 4 is 19.7 Å². The second kappa shape index (κ2) is 58.4. The lowest BCUT2D eigenvalue weighted by Crippen LogP contribution is -2.47. The van der Waals surface area contributed by atoms with Crippen LogP contribution >= 0.6 is 7.82 Å². The van der Waals surface area contributed by atoms with Crippen molar-refractivity contribution in [2.75, 3.05) is 40.9 Å². The summed E-state index contributed by atoms with van der Waals surface area (Å²) in [6.07, 6.45) is 77.4. The van der Waals surface area contributed by atoms with E-state index in [0.29, 0.717) is 17.4 Å². The quantitative estimate of drug-likeness (QED) is 0.0205. The van der Waals surface area contributed by atoms with Crippen LogP contribution in [0.2, 0.25) is 0 Å². The van der Waals surface area contributed by atoms with Crippen molar-refractivity contribution in [3.05, 3.63) is 85.1 Å². The van der Waals surface area contributed by atoms with Crippen LogP contribution in [0.1, 0.15) is 290 Å². The Labute approximate surface area is 488 Å². The number of carbonyl (C=O) groups excluding carboxylic acids is 2. The normalized spacial score (nSPS) is 14.2. The third-order valence-corrected chi connectivity index (χ3v) is 15.3. The Balaban J connectivity index is 5.06. The molecule has 10 heteroatoms. The Hall–Kier alpha value is -2.81. The van der Waals surface area contributed by atoms with E-state index in [1.165, 1.54) is 154 Å². The number of phosphoric acid groups is 1. The summed E-state index contributed by atoms with van der Waals surface area (Å²) in [4.78, 5) is 37.7. The number of rotatable bonds is 59. The fourth-order valence-corrected chi connectivity index (χ4v) is 9.99. The van der Waals surface area contributed by atoms with E-state index in [9.17, 15) is 19.0 Å². The van der Waals surface area contributed by atoms with Crippen LogP contribution in [-0.2, 0) is 27.9 Å². The largest absolute Gasteiger partial charge is 0.472 e. The van der Waals surface area contributed by atoms with Gasteiger partial charge < -0.3 is 19.4 Å². The predicted molar refractivity (Wildman–Crippen MR) is 341 cm³/mol. The minimum Gasteiger partial charge on any atom is -0.456 e. The number of nitrogens with one attached hydrogen (secondary N) is 1. The van der Waals surface area contributed by atoms with Crippen molar-refractivity contribution in [1.82, 2.24) is 5.32 Å². The van der Waals surface area contributed by atoms with E-state index < -0.39 is 20.0 Å². The number of hydrogen-bond acceptors (Lipinski definition) is 6. The summed E-state index contributed by atoms with van der Waals surface area (Å²) in [6, 6.07) is -0.863. The van der Waals surface area contributed by atoms with Gasteiger partial charge in [0.15, 0.2) is 0 Å². The van der Waals surface area contributed by atoms with Crippen LogP contribution in [0.5, 0.6) is 0 Å². The van der Waals surface area contributed by atoms with Crippen molar-refractivity contribution in [3.8, 4) is 0 Å². The van der Waals surface area contributed by atoms with E-state index >= 15 is 0 Å². The van der Waals surface area contributed by atoms with Crippen LogP contribution in [0.25, 0.3) is 0 Å².